The molecule has 112 valence electrons. The number of Topliss-reactive ketones (excluding diaryl/α,β-unsaturated/α-hetero) is 1. The van der Waals surface area contributed by atoms with Gasteiger partial charge in [-0.2, -0.15) is 5.10 Å². The summed E-state index contributed by atoms with van der Waals surface area (Å²) < 4.78 is -0.381. The maximum Gasteiger partial charge on any atom is 0.166 e. The molecule has 1 aromatic rings. The predicted octanol–water partition coefficient (Wildman–Crippen LogP) is 2.35. The predicted molar refractivity (Wildman–Crippen MR) is 77.2 cm³/mol. The molecule has 0 saturated heterocycles. The van der Waals surface area contributed by atoms with E-state index in [1.807, 2.05) is 6.92 Å². The minimum absolute atomic E-state index is 0.154. The summed E-state index contributed by atoms with van der Waals surface area (Å²) in [4.78, 5) is 16.4. The number of carbonyl (C=O) groups excluding carboxylic acids is 1. The Hall–Kier alpha value is -0.360. The van der Waals surface area contributed by atoms with Crippen molar-refractivity contribution in [1.29, 1.82) is 0 Å². The quantitative estimate of drug-likeness (QED) is 0.807. The van der Waals surface area contributed by atoms with Crippen molar-refractivity contribution in [2.45, 2.75) is 48.5 Å². The van der Waals surface area contributed by atoms with Crippen molar-refractivity contribution in [1.82, 2.24) is 14.8 Å². The van der Waals surface area contributed by atoms with Crippen molar-refractivity contribution >= 4 is 40.6 Å². The van der Waals surface area contributed by atoms with Gasteiger partial charge in [0, 0.05) is 5.41 Å². The van der Waals surface area contributed by atoms with E-state index >= 15 is 0 Å². The fourth-order valence-electron chi connectivity index (χ4n) is 2.01. The molecular weight excluding hydrogens is 325 g/mol. The lowest BCUT2D eigenvalue weighted by molar-refractivity contribution is -0.131. The molecule has 1 aliphatic rings. The lowest BCUT2D eigenvalue weighted by atomic mass is 9.91. The molecule has 3 atom stereocenters. The van der Waals surface area contributed by atoms with Gasteiger partial charge in [0.15, 0.2) is 10.1 Å². The number of aromatic nitrogens is 3. The van der Waals surface area contributed by atoms with Crippen molar-refractivity contribution in [3.63, 3.8) is 0 Å². The fraction of sp³-hybridized carbons (Fsp3) is 0.750. The summed E-state index contributed by atoms with van der Waals surface area (Å²) in [5.74, 6) is -0.154. The van der Waals surface area contributed by atoms with Crippen LogP contribution in [0.2, 0.25) is 0 Å². The highest BCUT2D eigenvalue weighted by atomic mass is 35.5. The monoisotopic (exact) mass is 339 g/mol. The maximum absolute atomic E-state index is 12.6. The fourth-order valence-corrected chi connectivity index (χ4v) is 2.37. The Labute approximate surface area is 132 Å². The zero-order valence-corrected chi connectivity index (χ0v) is 13.4. The molecule has 8 heteroatoms. The lowest BCUT2D eigenvalue weighted by Gasteiger charge is -2.34. The number of ketones is 1. The molecule has 1 aromatic heterocycles. The van der Waals surface area contributed by atoms with Crippen molar-refractivity contribution in [3.05, 3.63) is 12.7 Å². The molecule has 1 heterocycles. The number of hydrogen-bond donors (Lipinski definition) is 1. The van der Waals surface area contributed by atoms with Gasteiger partial charge < -0.3 is 5.11 Å². The number of halogens is 3. The van der Waals surface area contributed by atoms with Gasteiger partial charge in [0.25, 0.3) is 0 Å². The Kier molecular flexibility index (Phi) is 4.36. The zero-order chi connectivity index (χ0) is 15.1. The molecule has 0 aromatic carbocycles. The van der Waals surface area contributed by atoms with E-state index in [-0.39, 0.29) is 5.78 Å². The van der Waals surface area contributed by atoms with Crippen molar-refractivity contribution in [2.75, 3.05) is 0 Å². The second-order valence-corrected chi connectivity index (χ2v) is 7.58. The highest BCUT2D eigenvalue weighted by Gasteiger charge is 2.54. The summed E-state index contributed by atoms with van der Waals surface area (Å²) in [6, 6.07) is -0.999. The average molecular weight is 341 g/mol. The maximum atomic E-state index is 12.6. The standard InChI is InChI=1S/C12H16Cl3N3O2/c1-7(13)12(14,15)10(20)8(18-6-16-5-17-18)9(19)11(2)3-4-11/h5-8,10,20H,3-4H2,1-2H3. The molecule has 2 rings (SSSR count). The molecule has 0 spiro atoms. The van der Waals surface area contributed by atoms with Gasteiger partial charge in [-0.15, -0.1) is 11.6 Å². The average Bonchev–Trinajstić information content (AvgIpc) is 2.91. The highest BCUT2D eigenvalue weighted by Crippen LogP contribution is 2.50. The van der Waals surface area contributed by atoms with Gasteiger partial charge in [0.2, 0.25) is 0 Å². The van der Waals surface area contributed by atoms with E-state index in [1.165, 1.54) is 17.3 Å². The molecule has 1 N–H and O–H groups in total. The van der Waals surface area contributed by atoms with Gasteiger partial charge in [-0.1, -0.05) is 30.1 Å². The Balaban J connectivity index is 2.35. The lowest BCUT2D eigenvalue weighted by Crippen LogP contribution is -2.48. The van der Waals surface area contributed by atoms with Crippen LogP contribution in [-0.2, 0) is 4.79 Å². The number of nitrogens with zero attached hydrogens (tertiary/aromatic N) is 3. The van der Waals surface area contributed by atoms with Crippen molar-refractivity contribution in [3.8, 4) is 0 Å². The molecule has 1 fully saturated rings. The van der Waals surface area contributed by atoms with Crippen LogP contribution in [0.25, 0.3) is 0 Å². The third kappa shape index (κ3) is 2.82. The minimum Gasteiger partial charge on any atom is -0.387 e. The van der Waals surface area contributed by atoms with Gasteiger partial charge in [0.05, 0.1) is 5.38 Å². The van der Waals surface area contributed by atoms with Crippen LogP contribution in [0.15, 0.2) is 12.7 Å². The zero-order valence-electron chi connectivity index (χ0n) is 11.1. The smallest absolute Gasteiger partial charge is 0.166 e. The van der Waals surface area contributed by atoms with Crippen LogP contribution in [-0.4, -0.2) is 41.5 Å². The van der Waals surface area contributed by atoms with Crippen LogP contribution >= 0.6 is 34.8 Å². The largest absolute Gasteiger partial charge is 0.387 e. The molecule has 0 amide bonds. The van der Waals surface area contributed by atoms with Gasteiger partial charge in [-0.3, -0.25) is 4.79 Å². The normalized spacial score (nSPS) is 22.1. The SMILES string of the molecule is CC(Cl)C(Cl)(Cl)C(O)C(C(=O)C1(C)CC1)n1cncn1. The first-order valence-corrected chi connectivity index (χ1v) is 7.48. The first kappa shape index (κ1) is 16.0. The Morgan fingerprint density at radius 2 is 2.10 bits per heavy atom. The summed E-state index contributed by atoms with van der Waals surface area (Å²) in [5.41, 5.74) is -0.461. The summed E-state index contributed by atoms with van der Waals surface area (Å²) in [5, 5.41) is 13.7. The van der Waals surface area contributed by atoms with Gasteiger partial charge in [-0.25, -0.2) is 9.67 Å². The molecule has 1 aliphatic carbocycles. The third-order valence-corrected chi connectivity index (χ3v) is 5.48. The number of aliphatic hydroxyl groups excluding tert-OH is 1. The van der Waals surface area contributed by atoms with Crippen LogP contribution in [0, 0.1) is 5.41 Å². The summed E-state index contributed by atoms with van der Waals surface area (Å²) in [7, 11) is 0. The van der Waals surface area contributed by atoms with E-state index < -0.39 is 27.3 Å². The topological polar surface area (TPSA) is 68.0 Å². The van der Waals surface area contributed by atoms with E-state index in [2.05, 4.69) is 10.1 Å². The number of hydrogen-bond acceptors (Lipinski definition) is 4. The third-order valence-electron chi connectivity index (χ3n) is 3.81. The summed E-state index contributed by atoms with van der Waals surface area (Å²) in [6.07, 6.45) is 2.82. The summed E-state index contributed by atoms with van der Waals surface area (Å²) >= 11 is 18.2. The second kappa shape index (κ2) is 5.44. The molecule has 20 heavy (non-hydrogen) atoms. The van der Waals surface area contributed by atoms with Crippen LogP contribution in [0.3, 0.4) is 0 Å². The Bertz CT molecular complexity index is 486. The van der Waals surface area contributed by atoms with Crippen LogP contribution < -0.4 is 0 Å². The van der Waals surface area contributed by atoms with Crippen LogP contribution in [0.4, 0.5) is 0 Å². The molecule has 1 saturated carbocycles. The first-order chi connectivity index (χ1) is 9.20. The van der Waals surface area contributed by atoms with Crippen molar-refractivity contribution in [2.24, 2.45) is 5.41 Å². The number of alkyl halides is 3. The van der Waals surface area contributed by atoms with Gasteiger partial charge >= 0.3 is 0 Å². The highest BCUT2D eigenvalue weighted by molar-refractivity contribution is 6.52. The molecule has 0 aliphatic heterocycles. The van der Waals surface area contributed by atoms with Gasteiger partial charge in [-0.05, 0) is 19.8 Å². The van der Waals surface area contributed by atoms with Crippen molar-refractivity contribution < 1.29 is 9.90 Å². The van der Waals surface area contributed by atoms with E-state index in [9.17, 15) is 9.90 Å². The number of rotatable bonds is 6. The number of aliphatic hydroxyl groups is 1. The van der Waals surface area contributed by atoms with Crippen LogP contribution in [0.5, 0.6) is 0 Å². The number of carbonyl (C=O) groups is 1. The molecule has 5 nitrogen and oxygen atoms in total. The Morgan fingerprint density at radius 3 is 2.50 bits per heavy atom. The minimum atomic E-state index is -1.67. The van der Waals surface area contributed by atoms with E-state index in [0.29, 0.717) is 0 Å². The second-order valence-electron chi connectivity index (χ2n) is 5.48. The van der Waals surface area contributed by atoms with Gasteiger partial charge in [0.1, 0.15) is 24.8 Å². The van der Waals surface area contributed by atoms with Crippen LogP contribution in [0.1, 0.15) is 32.7 Å². The molecule has 0 bridgehead atoms. The van der Waals surface area contributed by atoms with E-state index in [1.54, 1.807) is 6.92 Å². The Morgan fingerprint density at radius 1 is 1.50 bits per heavy atom. The first-order valence-electron chi connectivity index (χ1n) is 6.28. The molecular formula is C12H16Cl3N3O2. The summed E-state index contributed by atoms with van der Waals surface area (Å²) in [6.45, 7) is 3.41. The molecule has 3 unspecified atom stereocenters. The molecule has 0 radical (unpaired) electrons. The van der Waals surface area contributed by atoms with E-state index in [4.69, 9.17) is 34.8 Å². The van der Waals surface area contributed by atoms with E-state index in [0.717, 1.165) is 12.8 Å².